The molecule has 0 spiro atoms. The van der Waals surface area contributed by atoms with E-state index in [0.717, 1.165) is 5.56 Å². The van der Waals surface area contributed by atoms with Crippen molar-refractivity contribution in [3.05, 3.63) is 80.4 Å². The first kappa shape index (κ1) is 28.1. The minimum Gasteiger partial charge on any atom is -0.493 e. The first-order valence-corrected chi connectivity index (χ1v) is 13.5. The molecule has 3 heterocycles. The van der Waals surface area contributed by atoms with Gasteiger partial charge in [0.05, 0.1) is 38.3 Å². The van der Waals surface area contributed by atoms with Gasteiger partial charge in [0.1, 0.15) is 18.3 Å². The van der Waals surface area contributed by atoms with E-state index in [4.69, 9.17) is 28.4 Å². The van der Waals surface area contributed by atoms with Crippen LogP contribution in [-0.2, 0) is 11.2 Å². The quantitative estimate of drug-likeness (QED) is 0.186. The van der Waals surface area contributed by atoms with Gasteiger partial charge in [-0.1, -0.05) is 30.0 Å². The first-order valence-electron chi connectivity index (χ1n) is 13.5. The zero-order valence-corrected chi connectivity index (χ0v) is 23.6. The molecular weight excluding hydrogens is 560 g/mol. The Hall–Kier alpha value is -4.99. The molecule has 12 heteroatoms. The number of benzene rings is 3. The normalized spacial score (nSPS) is 18.9. The number of rotatable bonds is 7. The highest BCUT2D eigenvalue weighted by Gasteiger charge is 2.48. The van der Waals surface area contributed by atoms with Crippen molar-refractivity contribution < 1.29 is 43.2 Å². The van der Waals surface area contributed by atoms with E-state index < -0.39 is 35.7 Å². The number of esters is 1. The van der Waals surface area contributed by atoms with Gasteiger partial charge in [-0.25, -0.2) is 4.79 Å². The van der Waals surface area contributed by atoms with Gasteiger partial charge in [-0.2, -0.15) is 0 Å². The molecule has 1 unspecified atom stereocenters. The molecule has 0 aromatic heterocycles. The van der Waals surface area contributed by atoms with Crippen LogP contribution in [0.2, 0.25) is 0 Å². The Kier molecular flexibility index (Phi) is 7.43. The van der Waals surface area contributed by atoms with Crippen LogP contribution in [0.15, 0.2) is 42.5 Å². The number of nitro benzene ring substituents is 1. The molecule has 222 valence electrons. The molecule has 12 nitrogen and oxygen atoms in total. The maximum atomic E-state index is 13.5. The Morgan fingerprint density at radius 1 is 1.12 bits per heavy atom. The van der Waals surface area contributed by atoms with Gasteiger partial charge in [0.15, 0.2) is 23.0 Å². The van der Waals surface area contributed by atoms with Gasteiger partial charge in [-0.15, -0.1) is 0 Å². The molecule has 6 rings (SSSR count). The van der Waals surface area contributed by atoms with Crippen LogP contribution in [-0.4, -0.2) is 62.2 Å². The van der Waals surface area contributed by atoms with Crippen molar-refractivity contribution in [2.45, 2.75) is 24.6 Å². The molecule has 0 fully saturated rings. The second-order valence-corrected chi connectivity index (χ2v) is 9.97. The number of non-ortho nitro benzene ring substituents is 1. The molecule has 3 atom stereocenters. The average Bonchev–Trinajstić information content (AvgIpc) is 3.63. The molecule has 0 aliphatic carbocycles. The van der Waals surface area contributed by atoms with Gasteiger partial charge in [0.25, 0.3) is 5.69 Å². The Bertz CT molecular complexity index is 1680. The fourth-order valence-electron chi connectivity index (χ4n) is 6.15. The highest BCUT2D eigenvalue weighted by atomic mass is 16.7. The van der Waals surface area contributed by atoms with Crippen molar-refractivity contribution in [1.29, 1.82) is 0 Å². The average molecular weight is 589 g/mol. The Labute approximate surface area is 246 Å². The van der Waals surface area contributed by atoms with E-state index in [1.54, 1.807) is 24.3 Å². The number of cyclic esters (lactones) is 1. The van der Waals surface area contributed by atoms with Crippen molar-refractivity contribution in [1.82, 2.24) is 4.90 Å². The number of nitrogens with zero attached hydrogens (tertiary/aromatic N) is 2. The Morgan fingerprint density at radius 3 is 2.65 bits per heavy atom. The van der Waals surface area contributed by atoms with Crippen LogP contribution in [0, 0.1) is 22.0 Å². The lowest BCUT2D eigenvalue weighted by Crippen LogP contribution is -2.41. The third kappa shape index (κ3) is 4.63. The molecule has 3 aromatic carbocycles. The number of aliphatic hydroxyl groups is 1. The van der Waals surface area contributed by atoms with E-state index in [1.807, 2.05) is 11.0 Å². The number of fused-ring (bicyclic) bond motifs is 3. The number of carbonyl (C=O) groups is 1. The summed E-state index contributed by atoms with van der Waals surface area (Å²) in [6, 6.07) is 10.1. The lowest BCUT2D eigenvalue weighted by atomic mass is 9.83. The van der Waals surface area contributed by atoms with Gasteiger partial charge >= 0.3 is 5.97 Å². The van der Waals surface area contributed by atoms with Crippen LogP contribution in [0.4, 0.5) is 5.69 Å². The van der Waals surface area contributed by atoms with Crippen LogP contribution in [0.25, 0.3) is 0 Å². The minimum atomic E-state index is -0.868. The molecule has 0 saturated heterocycles. The van der Waals surface area contributed by atoms with E-state index in [2.05, 4.69) is 11.8 Å². The van der Waals surface area contributed by atoms with Gasteiger partial charge in [-0.05, 0) is 29.7 Å². The minimum absolute atomic E-state index is 0.0273. The maximum absolute atomic E-state index is 13.5. The summed E-state index contributed by atoms with van der Waals surface area (Å²) in [5.74, 6) is 7.28. The summed E-state index contributed by atoms with van der Waals surface area (Å²) in [4.78, 5) is 26.7. The van der Waals surface area contributed by atoms with Crippen molar-refractivity contribution in [3.8, 4) is 40.6 Å². The molecule has 43 heavy (non-hydrogen) atoms. The predicted octanol–water partition coefficient (Wildman–Crippen LogP) is 3.90. The van der Waals surface area contributed by atoms with Crippen molar-refractivity contribution in [2.24, 2.45) is 0 Å². The monoisotopic (exact) mass is 588 g/mol. The van der Waals surface area contributed by atoms with Crippen LogP contribution in [0.3, 0.4) is 0 Å². The Morgan fingerprint density at radius 2 is 1.93 bits per heavy atom. The Balaban J connectivity index is 1.59. The highest BCUT2D eigenvalue weighted by Crippen LogP contribution is 2.57. The molecule has 3 aromatic rings. The van der Waals surface area contributed by atoms with Crippen molar-refractivity contribution in [2.75, 3.05) is 41.3 Å². The molecule has 0 bridgehead atoms. The van der Waals surface area contributed by atoms with Crippen molar-refractivity contribution in [3.63, 3.8) is 0 Å². The van der Waals surface area contributed by atoms with E-state index >= 15 is 0 Å². The maximum Gasteiger partial charge on any atom is 0.343 e. The lowest BCUT2D eigenvalue weighted by Gasteiger charge is -2.43. The number of ether oxygens (including phenoxy) is 6. The lowest BCUT2D eigenvalue weighted by molar-refractivity contribution is -0.384. The second kappa shape index (κ2) is 11.4. The fourth-order valence-corrected chi connectivity index (χ4v) is 6.15. The van der Waals surface area contributed by atoms with Crippen LogP contribution >= 0.6 is 0 Å². The number of hydrogen-bond donors (Lipinski definition) is 1. The number of carbonyl (C=O) groups excluding carboxylic acids is 1. The summed E-state index contributed by atoms with van der Waals surface area (Å²) in [6.45, 7) is 0.0326. The summed E-state index contributed by atoms with van der Waals surface area (Å²) >= 11 is 0. The third-order valence-electron chi connectivity index (χ3n) is 7.90. The molecule has 1 N–H and O–H groups in total. The summed E-state index contributed by atoms with van der Waals surface area (Å²) in [5, 5.41) is 21.3. The molecule has 0 saturated carbocycles. The molecule has 0 amide bonds. The molecule has 3 aliphatic heterocycles. The predicted molar refractivity (Wildman–Crippen MR) is 151 cm³/mol. The largest absolute Gasteiger partial charge is 0.493 e. The van der Waals surface area contributed by atoms with E-state index in [0.29, 0.717) is 52.7 Å². The fraction of sp³-hybridized carbons (Fsp3) is 0.323. The van der Waals surface area contributed by atoms with Gasteiger partial charge in [0, 0.05) is 29.8 Å². The number of hydrogen-bond acceptors (Lipinski definition) is 11. The summed E-state index contributed by atoms with van der Waals surface area (Å²) < 4.78 is 34.5. The SMILES string of the molecule is COc1ccc2c(c1OC)C(=O)O[C@H]2[C@@H]1c2c(cc3c(c2OC)OCO3)CCN1C(C#CCO)c1cccc([N+](=O)[O-])c1. The summed E-state index contributed by atoms with van der Waals surface area (Å²) in [5.41, 5.74) is 2.86. The topological polar surface area (TPSA) is 139 Å². The van der Waals surface area contributed by atoms with Crippen LogP contribution in [0.5, 0.6) is 28.7 Å². The van der Waals surface area contributed by atoms with E-state index in [-0.39, 0.29) is 23.8 Å². The first-order chi connectivity index (χ1) is 20.9. The van der Waals surface area contributed by atoms with Crippen molar-refractivity contribution >= 4 is 11.7 Å². The molecule has 3 aliphatic rings. The zero-order chi connectivity index (χ0) is 30.2. The highest BCUT2D eigenvalue weighted by molar-refractivity contribution is 5.98. The van der Waals surface area contributed by atoms with E-state index in [9.17, 15) is 20.0 Å². The smallest absolute Gasteiger partial charge is 0.343 e. The third-order valence-corrected chi connectivity index (χ3v) is 7.90. The van der Waals surface area contributed by atoms with E-state index in [1.165, 1.54) is 33.5 Å². The van der Waals surface area contributed by atoms with Crippen LogP contribution < -0.4 is 23.7 Å². The second-order valence-electron chi connectivity index (χ2n) is 9.97. The molecule has 0 radical (unpaired) electrons. The number of aliphatic hydroxyl groups excluding tert-OH is 1. The number of nitro groups is 1. The standard InChI is InChI=1S/C31H28N2O10/c1-38-22-10-9-20-25(28(22)39-2)31(35)43-27(20)26-24-18(15-23-29(30(24)40-3)42-16-41-23)11-12-32(26)21(8-5-13-34)17-6-4-7-19(14-17)33(36)37/h4,6-7,9-10,14-15,21,26-27,34H,11-13,16H2,1-3H3/t21?,26-,27+/m0/s1. The van der Waals surface area contributed by atoms with Crippen LogP contribution in [0.1, 0.15) is 50.8 Å². The zero-order valence-electron chi connectivity index (χ0n) is 23.6. The summed E-state index contributed by atoms with van der Waals surface area (Å²) in [7, 11) is 4.46. The number of methoxy groups -OCH3 is 3. The van der Waals surface area contributed by atoms with Gasteiger partial charge in [0.2, 0.25) is 12.5 Å². The summed E-state index contributed by atoms with van der Waals surface area (Å²) in [6.07, 6.45) is -0.336. The van der Waals surface area contributed by atoms with Gasteiger partial charge < -0.3 is 33.5 Å². The van der Waals surface area contributed by atoms with Gasteiger partial charge in [-0.3, -0.25) is 15.0 Å². The molecular formula is C31H28N2O10.